The van der Waals surface area contributed by atoms with Crippen molar-refractivity contribution in [3.05, 3.63) is 35.4 Å². The molecule has 0 aliphatic carbocycles. The van der Waals surface area contributed by atoms with E-state index in [2.05, 4.69) is 26.1 Å². The lowest BCUT2D eigenvalue weighted by molar-refractivity contribution is -0.147. The van der Waals surface area contributed by atoms with Crippen LogP contribution in [0.1, 0.15) is 68.3 Å². The molecule has 1 saturated heterocycles. The molecule has 2 rings (SSSR count). The summed E-state index contributed by atoms with van der Waals surface area (Å²) in [5.41, 5.74) is 1.67. The van der Waals surface area contributed by atoms with E-state index in [9.17, 15) is 14.4 Å². The van der Waals surface area contributed by atoms with Crippen molar-refractivity contribution in [2.75, 3.05) is 19.7 Å². The van der Waals surface area contributed by atoms with Crippen LogP contribution in [0.25, 0.3) is 0 Å². The summed E-state index contributed by atoms with van der Waals surface area (Å²) >= 11 is 0. The summed E-state index contributed by atoms with van der Waals surface area (Å²) in [7, 11) is 0. The lowest BCUT2D eigenvalue weighted by Gasteiger charge is -2.34. The summed E-state index contributed by atoms with van der Waals surface area (Å²) in [5, 5.41) is 2.73. The van der Waals surface area contributed by atoms with E-state index in [4.69, 9.17) is 4.74 Å². The first-order valence-electron chi connectivity index (χ1n) is 9.78. The Morgan fingerprint density at radius 2 is 1.93 bits per heavy atom. The molecule has 27 heavy (non-hydrogen) atoms. The van der Waals surface area contributed by atoms with Gasteiger partial charge in [-0.3, -0.25) is 14.4 Å². The number of nitrogens with one attached hydrogen (secondary N) is 1. The molecule has 0 bridgehead atoms. The maximum absolute atomic E-state index is 12.9. The van der Waals surface area contributed by atoms with Crippen molar-refractivity contribution in [1.29, 1.82) is 0 Å². The van der Waals surface area contributed by atoms with E-state index >= 15 is 0 Å². The van der Waals surface area contributed by atoms with Crippen molar-refractivity contribution in [2.24, 2.45) is 0 Å². The average molecular weight is 374 g/mol. The summed E-state index contributed by atoms with van der Waals surface area (Å²) < 4.78 is 5.21. The normalized spacial score (nSPS) is 17.0. The first-order chi connectivity index (χ1) is 12.9. The largest absolute Gasteiger partial charge is 0.466 e. The Labute approximate surface area is 161 Å². The SMILES string of the molecule is CCCCCOC(=O)CC1C(=O)NCCN1C(=O)c1ccc(C(C)C)cc1. The molecule has 1 aliphatic rings. The number of carbonyl (C=O) groups is 3. The zero-order chi connectivity index (χ0) is 19.8. The van der Waals surface area contributed by atoms with Gasteiger partial charge in [0.2, 0.25) is 5.91 Å². The molecule has 1 N–H and O–H groups in total. The van der Waals surface area contributed by atoms with Crippen LogP contribution < -0.4 is 5.32 Å². The van der Waals surface area contributed by atoms with Gasteiger partial charge in [-0.05, 0) is 30.0 Å². The number of benzene rings is 1. The fraction of sp³-hybridized carbons (Fsp3) is 0.571. The van der Waals surface area contributed by atoms with E-state index in [0.717, 1.165) is 24.8 Å². The number of carbonyl (C=O) groups excluding carboxylic acids is 3. The molecule has 6 nitrogen and oxygen atoms in total. The van der Waals surface area contributed by atoms with Crippen LogP contribution in [-0.2, 0) is 14.3 Å². The van der Waals surface area contributed by atoms with Crippen molar-refractivity contribution in [1.82, 2.24) is 10.2 Å². The molecule has 148 valence electrons. The first kappa shape index (κ1) is 20.9. The average Bonchev–Trinajstić information content (AvgIpc) is 2.66. The minimum Gasteiger partial charge on any atom is -0.466 e. The summed E-state index contributed by atoms with van der Waals surface area (Å²) in [4.78, 5) is 38.8. The van der Waals surface area contributed by atoms with Crippen LogP contribution in [0.3, 0.4) is 0 Å². The van der Waals surface area contributed by atoms with Crippen LogP contribution in [0.4, 0.5) is 0 Å². The third-order valence-electron chi connectivity index (χ3n) is 4.79. The molecule has 1 heterocycles. The Morgan fingerprint density at radius 1 is 1.22 bits per heavy atom. The van der Waals surface area contributed by atoms with Gasteiger partial charge in [0.15, 0.2) is 0 Å². The monoisotopic (exact) mass is 374 g/mol. The van der Waals surface area contributed by atoms with Crippen molar-refractivity contribution >= 4 is 17.8 Å². The van der Waals surface area contributed by atoms with E-state index in [1.807, 2.05) is 12.1 Å². The van der Waals surface area contributed by atoms with Crippen LogP contribution >= 0.6 is 0 Å². The third kappa shape index (κ3) is 5.81. The molecular formula is C21H30N2O4. The van der Waals surface area contributed by atoms with E-state index in [1.165, 1.54) is 4.90 Å². The van der Waals surface area contributed by atoms with Crippen LogP contribution in [-0.4, -0.2) is 48.4 Å². The number of amides is 2. The molecule has 0 aromatic heterocycles. The number of rotatable bonds is 8. The highest BCUT2D eigenvalue weighted by molar-refractivity contribution is 5.99. The smallest absolute Gasteiger partial charge is 0.308 e. The van der Waals surface area contributed by atoms with Gasteiger partial charge >= 0.3 is 5.97 Å². The van der Waals surface area contributed by atoms with Gasteiger partial charge in [0.05, 0.1) is 13.0 Å². The van der Waals surface area contributed by atoms with E-state index < -0.39 is 12.0 Å². The second-order valence-corrected chi connectivity index (χ2v) is 7.21. The van der Waals surface area contributed by atoms with Gasteiger partial charge in [0.1, 0.15) is 6.04 Å². The van der Waals surface area contributed by atoms with Crippen molar-refractivity contribution in [3.63, 3.8) is 0 Å². The minimum absolute atomic E-state index is 0.117. The van der Waals surface area contributed by atoms with Crippen LogP contribution in [0.5, 0.6) is 0 Å². The third-order valence-corrected chi connectivity index (χ3v) is 4.79. The Morgan fingerprint density at radius 3 is 2.56 bits per heavy atom. The van der Waals surface area contributed by atoms with Crippen LogP contribution in [0, 0.1) is 0 Å². The van der Waals surface area contributed by atoms with Gasteiger partial charge in [-0.15, -0.1) is 0 Å². The van der Waals surface area contributed by atoms with E-state index in [0.29, 0.717) is 31.2 Å². The number of esters is 1. The van der Waals surface area contributed by atoms with Crippen molar-refractivity contribution in [2.45, 2.75) is 58.4 Å². The van der Waals surface area contributed by atoms with Crippen LogP contribution in [0.2, 0.25) is 0 Å². The lowest BCUT2D eigenvalue weighted by atomic mass is 10.0. The van der Waals surface area contributed by atoms with Crippen molar-refractivity contribution in [3.8, 4) is 0 Å². The molecule has 1 aliphatic heterocycles. The molecule has 1 fully saturated rings. The number of unbranched alkanes of at least 4 members (excludes halogenated alkanes) is 2. The molecule has 1 aromatic carbocycles. The van der Waals surface area contributed by atoms with Gasteiger partial charge < -0.3 is 15.0 Å². The Hall–Kier alpha value is -2.37. The number of hydrogen-bond donors (Lipinski definition) is 1. The summed E-state index contributed by atoms with van der Waals surface area (Å²) in [6, 6.07) is 6.60. The number of hydrogen-bond acceptors (Lipinski definition) is 4. The Kier molecular flexibility index (Phi) is 7.82. The van der Waals surface area contributed by atoms with E-state index in [1.54, 1.807) is 12.1 Å². The molecule has 2 amide bonds. The number of ether oxygens (including phenoxy) is 1. The summed E-state index contributed by atoms with van der Waals surface area (Å²) in [5.74, 6) is -0.603. The second kappa shape index (κ2) is 10.1. The maximum atomic E-state index is 12.9. The van der Waals surface area contributed by atoms with Gasteiger partial charge in [0.25, 0.3) is 5.91 Å². The fourth-order valence-corrected chi connectivity index (χ4v) is 3.09. The Balaban J connectivity index is 2.04. The number of piperazine rings is 1. The molecule has 0 spiro atoms. The number of nitrogens with zero attached hydrogens (tertiary/aromatic N) is 1. The molecule has 1 unspecified atom stereocenters. The van der Waals surface area contributed by atoms with Gasteiger partial charge in [0, 0.05) is 18.7 Å². The fourth-order valence-electron chi connectivity index (χ4n) is 3.09. The standard InChI is InChI=1S/C21H30N2O4/c1-4-5-6-13-27-19(24)14-18-20(25)22-11-12-23(18)21(26)17-9-7-16(8-10-17)15(2)3/h7-10,15,18H,4-6,11-14H2,1-3H3,(H,22,25). The molecule has 0 saturated carbocycles. The predicted octanol–water partition coefficient (Wildman–Crippen LogP) is 2.87. The zero-order valence-electron chi connectivity index (χ0n) is 16.5. The van der Waals surface area contributed by atoms with Crippen molar-refractivity contribution < 1.29 is 19.1 Å². The molecule has 6 heteroatoms. The first-order valence-corrected chi connectivity index (χ1v) is 9.78. The van der Waals surface area contributed by atoms with E-state index in [-0.39, 0.29) is 18.2 Å². The topological polar surface area (TPSA) is 75.7 Å². The highest BCUT2D eigenvalue weighted by Crippen LogP contribution is 2.18. The molecule has 1 aromatic rings. The highest BCUT2D eigenvalue weighted by Gasteiger charge is 2.35. The Bertz CT molecular complexity index is 655. The molecular weight excluding hydrogens is 344 g/mol. The van der Waals surface area contributed by atoms with Gasteiger partial charge in [-0.25, -0.2) is 0 Å². The van der Waals surface area contributed by atoms with Gasteiger partial charge in [-0.1, -0.05) is 45.7 Å². The predicted molar refractivity (Wildman–Crippen MR) is 103 cm³/mol. The summed E-state index contributed by atoms with van der Waals surface area (Å²) in [6.45, 7) is 7.37. The highest BCUT2D eigenvalue weighted by atomic mass is 16.5. The van der Waals surface area contributed by atoms with Gasteiger partial charge in [-0.2, -0.15) is 0 Å². The molecule has 0 radical (unpaired) electrons. The minimum atomic E-state index is -0.824. The lowest BCUT2D eigenvalue weighted by Crippen LogP contribution is -2.57. The van der Waals surface area contributed by atoms with Crippen LogP contribution in [0.15, 0.2) is 24.3 Å². The second-order valence-electron chi connectivity index (χ2n) is 7.21. The maximum Gasteiger partial charge on any atom is 0.308 e. The molecule has 1 atom stereocenters. The summed E-state index contributed by atoms with van der Waals surface area (Å²) in [6.07, 6.45) is 2.73. The zero-order valence-corrected chi connectivity index (χ0v) is 16.5. The quantitative estimate of drug-likeness (QED) is 0.561.